The molecular formula is C18H34. The maximum atomic E-state index is 2.52. The summed E-state index contributed by atoms with van der Waals surface area (Å²) in [4.78, 5) is 0. The fourth-order valence-electron chi connectivity index (χ4n) is 5.80. The number of hydrogen-bond donors (Lipinski definition) is 0. The molecule has 0 aromatic heterocycles. The molecule has 0 radical (unpaired) electrons. The highest BCUT2D eigenvalue weighted by Crippen LogP contribution is 2.68. The van der Waals surface area contributed by atoms with Crippen molar-refractivity contribution in [1.82, 2.24) is 0 Å². The van der Waals surface area contributed by atoms with Gasteiger partial charge in [0.25, 0.3) is 0 Å². The van der Waals surface area contributed by atoms with Gasteiger partial charge < -0.3 is 0 Å². The molecule has 2 aliphatic rings. The highest BCUT2D eigenvalue weighted by Gasteiger charge is 2.62. The second-order valence-electron chi connectivity index (χ2n) is 8.77. The van der Waals surface area contributed by atoms with Crippen LogP contribution in [0.2, 0.25) is 0 Å². The van der Waals surface area contributed by atoms with Crippen LogP contribution in [0.5, 0.6) is 0 Å². The third kappa shape index (κ3) is 2.04. The predicted molar refractivity (Wildman–Crippen MR) is 80.4 cm³/mol. The van der Waals surface area contributed by atoms with Gasteiger partial charge in [0.1, 0.15) is 0 Å². The SMILES string of the molecule is CCC1C(C(C)CC2C(C(C)C)C2(C)C)C1(C)C. The molecule has 0 saturated heterocycles. The molecule has 0 amide bonds. The van der Waals surface area contributed by atoms with E-state index in [0.717, 1.165) is 35.5 Å². The Hall–Kier alpha value is 0. The molecule has 2 aliphatic carbocycles. The van der Waals surface area contributed by atoms with Crippen molar-refractivity contribution in [2.24, 2.45) is 46.3 Å². The average Bonchev–Trinajstić information content (AvgIpc) is 2.97. The summed E-state index contributed by atoms with van der Waals surface area (Å²) in [6, 6.07) is 0. The molecule has 0 heteroatoms. The number of rotatable bonds is 5. The molecular weight excluding hydrogens is 216 g/mol. The first-order chi connectivity index (χ1) is 8.15. The van der Waals surface area contributed by atoms with Crippen molar-refractivity contribution in [2.75, 3.05) is 0 Å². The van der Waals surface area contributed by atoms with Gasteiger partial charge in [0.15, 0.2) is 0 Å². The lowest BCUT2D eigenvalue weighted by Crippen LogP contribution is -2.06. The highest BCUT2D eigenvalue weighted by molar-refractivity contribution is 5.10. The van der Waals surface area contributed by atoms with Gasteiger partial charge in [-0.05, 0) is 52.8 Å². The van der Waals surface area contributed by atoms with E-state index in [4.69, 9.17) is 0 Å². The summed E-state index contributed by atoms with van der Waals surface area (Å²) in [7, 11) is 0. The second kappa shape index (κ2) is 4.25. The molecule has 0 aromatic rings. The topological polar surface area (TPSA) is 0 Å². The maximum absolute atomic E-state index is 2.52. The first-order valence-corrected chi connectivity index (χ1v) is 8.15. The molecule has 0 N–H and O–H groups in total. The van der Waals surface area contributed by atoms with Gasteiger partial charge in [-0.1, -0.05) is 61.8 Å². The van der Waals surface area contributed by atoms with E-state index in [-0.39, 0.29) is 0 Å². The van der Waals surface area contributed by atoms with Gasteiger partial charge in [-0.15, -0.1) is 0 Å². The van der Waals surface area contributed by atoms with Crippen LogP contribution in [0.1, 0.15) is 68.2 Å². The second-order valence-corrected chi connectivity index (χ2v) is 8.77. The summed E-state index contributed by atoms with van der Waals surface area (Å²) in [5.74, 6) is 5.74. The maximum Gasteiger partial charge on any atom is -0.0289 e. The number of hydrogen-bond acceptors (Lipinski definition) is 0. The van der Waals surface area contributed by atoms with Crippen LogP contribution in [-0.4, -0.2) is 0 Å². The largest absolute Gasteiger partial charge is 0.0651 e. The summed E-state index contributed by atoms with van der Waals surface area (Å²) >= 11 is 0. The van der Waals surface area contributed by atoms with Gasteiger partial charge >= 0.3 is 0 Å². The molecule has 0 spiro atoms. The standard InChI is InChI=1S/C18H34/c1-9-13-16(17(13,5)6)12(4)10-14-15(11(2)3)18(14,7)8/h11-16H,9-10H2,1-8H3. The van der Waals surface area contributed by atoms with Crippen molar-refractivity contribution in [3.63, 3.8) is 0 Å². The third-order valence-corrected chi connectivity index (χ3v) is 6.68. The van der Waals surface area contributed by atoms with Crippen LogP contribution in [0.15, 0.2) is 0 Å². The normalized spacial score (nSPS) is 41.8. The van der Waals surface area contributed by atoms with Gasteiger partial charge in [-0.25, -0.2) is 0 Å². The van der Waals surface area contributed by atoms with Crippen molar-refractivity contribution >= 4 is 0 Å². The first-order valence-electron chi connectivity index (χ1n) is 8.15. The van der Waals surface area contributed by atoms with E-state index in [1.54, 1.807) is 0 Å². The fourth-order valence-corrected chi connectivity index (χ4v) is 5.80. The molecule has 18 heavy (non-hydrogen) atoms. The lowest BCUT2D eigenvalue weighted by molar-refractivity contribution is 0.352. The fraction of sp³-hybridized carbons (Fsp3) is 1.00. The average molecular weight is 250 g/mol. The summed E-state index contributed by atoms with van der Waals surface area (Å²) in [6.45, 7) is 19.7. The Morgan fingerprint density at radius 2 is 1.33 bits per heavy atom. The van der Waals surface area contributed by atoms with Crippen LogP contribution in [-0.2, 0) is 0 Å². The Balaban J connectivity index is 1.93. The molecule has 2 fully saturated rings. The zero-order valence-electron chi connectivity index (χ0n) is 13.9. The van der Waals surface area contributed by atoms with Crippen molar-refractivity contribution in [1.29, 1.82) is 0 Å². The van der Waals surface area contributed by atoms with E-state index in [1.807, 2.05) is 0 Å². The minimum absolute atomic E-state index is 0.614. The Morgan fingerprint density at radius 1 is 0.833 bits per heavy atom. The lowest BCUT2D eigenvalue weighted by Gasteiger charge is -2.14. The van der Waals surface area contributed by atoms with Crippen LogP contribution in [0.3, 0.4) is 0 Å². The van der Waals surface area contributed by atoms with Crippen LogP contribution in [0.25, 0.3) is 0 Å². The third-order valence-electron chi connectivity index (χ3n) is 6.68. The molecule has 0 bridgehead atoms. The van der Waals surface area contributed by atoms with E-state index < -0.39 is 0 Å². The van der Waals surface area contributed by atoms with E-state index in [0.29, 0.717) is 10.8 Å². The quantitative estimate of drug-likeness (QED) is 0.594. The first kappa shape index (κ1) is 14.4. The summed E-state index contributed by atoms with van der Waals surface area (Å²) in [5.41, 5.74) is 1.24. The van der Waals surface area contributed by atoms with Crippen molar-refractivity contribution in [3.8, 4) is 0 Å². The van der Waals surface area contributed by atoms with Gasteiger partial charge in [0, 0.05) is 0 Å². The van der Waals surface area contributed by atoms with Crippen LogP contribution >= 0.6 is 0 Å². The molecule has 0 heterocycles. The Morgan fingerprint density at radius 3 is 1.67 bits per heavy atom. The minimum atomic E-state index is 0.614. The van der Waals surface area contributed by atoms with E-state index in [1.165, 1.54) is 12.8 Å². The molecule has 5 atom stereocenters. The molecule has 2 rings (SSSR count). The summed E-state index contributed by atoms with van der Waals surface area (Å²) in [5, 5.41) is 0. The summed E-state index contributed by atoms with van der Waals surface area (Å²) in [6.07, 6.45) is 2.85. The summed E-state index contributed by atoms with van der Waals surface area (Å²) < 4.78 is 0. The predicted octanol–water partition coefficient (Wildman–Crippen LogP) is 5.62. The Bertz CT molecular complexity index is 310. The molecule has 2 saturated carbocycles. The monoisotopic (exact) mass is 250 g/mol. The molecule has 106 valence electrons. The molecule has 0 aliphatic heterocycles. The zero-order chi connectivity index (χ0) is 13.9. The lowest BCUT2D eigenvalue weighted by atomic mass is 9.91. The van der Waals surface area contributed by atoms with Gasteiger partial charge in [-0.3, -0.25) is 0 Å². The van der Waals surface area contributed by atoms with Gasteiger partial charge in [-0.2, -0.15) is 0 Å². The van der Waals surface area contributed by atoms with Gasteiger partial charge in [0.2, 0.25) is 0 Å². The highest BCUT2D eigenvalue weighted by atomic mass is 14.7. The van der Waals surface area contributed by atoms with Crippen molar-refractivity contribution in [3.05, 3.63) is 0 Å². The zero-order valence-corrected chi connectivity index (χ0v) is 13.9. The van der Waals surface area contributed by atoms with Crippen molar-refractivity contribution < 1.29 is 0 Å². The van der Waals surface area contributed by atoms with E-state index in [2.05, 4.69) is 55.4 Å². The Kier molecular flexibility index (Phi) is 3.40. The molecule has 0 aromatic carbocycles. The van der Waals surface area contributed by atoms with Crippen LogP contribution in [0, 0.1) is 46.3 Å². The van der Waals surface area contributed by atoms with E-state index >= 15 is 0 Å². The smallest absolute Gasteiger partial charge is 0.0289 e. The van der Waals surface area contributed by atoms with Crippen LogP contribution < -0.4 is 0 Å². The molecule has 0 nitrogen and oxygen atoms in total. The molecule has 5 unspecified atom stereocenters. The van der Waals surface area contributed by atoms with Crippen LogP contribution in [0.4, 0.5) is 0 Å². The Labute approximate surface area is 115 Å². The van der Waals surface area contributed by atoms with Crippen molar-refractivity contribution in [2.45, 2.75) is 68.2 Å². The van der Waals surface area contributed by atoms with Gasteiger partial charge in [0.05, 0.1) is 0 Å². The van der Waals surface area contributed by atoms with E-state index in [9.17, 15) is 0 Å². The minimum Gasteiger partial charge on any atom is -0.0651 e.